The normalized spacial score (nSPS) is 11.0. The number of hydrogen-bond donors (Lipinski definition) is 1. The first-order valence-electron chi connectivity index (χ1n) is 4.91. The Morgan fingerprint density at radius 1 is 0.833 bits per heavy atom. The molecule has 0 atom stereocenters. The first-order chi connectivity index (χ1) is 5.18. The van der Waals surface area contributed by atoms with Crippen LogP contribution in [0, 0.1) is 0 Å². The Kier molecular flexibility index (Phi) is 11.2. The van der Waals surface area contributed by atoms with E-state index in [9.17, 15) is 4.80 Å². The summed E-state index contributed by atoms with van der Waals surface area (Å²) < 4.78 is 0. The Bertz CT molecular complexity index is 81.5. The Labute approximate surface area is 97.2 Å². The van der Waals surface area contributed by atoms with Gasteiger partial charge >= 0.3 is 0 Å². The summed E-state index contributed by atoms with van der Waals surface area (Å²) in [5, 5.41) is 0. The van der Waals surface area contributed by atoms with Gasteiger partial charge in [-0.1, -0.05) is 40.0 Å². The molecule has 0 rings (SSSR count). The maximum Gasteiger partial charge on any atom is 0.188 e. The van der Waals surface area contributed by atoms with Crippen molar-refractivity contribution in [3.8, 4) is 0 Å². The monoisotopic (exact) mass is 264 g/mol. The van der Waals surface area contributed by atoms with Gasteiger partial charge in [-0.25, -0.2) is 0 Å². The van der Waals surface area contributed by atoms with Crippen molar-refractivity contribution in [1.82, 2.24) is 0 Å². The molecule has 0 saturated carbocycles. The second-order valence-electron chi connectivity index (χ2n) is 3.47. The van der Waals surface area contributed by atoms with E-state index < -0.39 is 8.32 Å². The van der Waals surface area contributed by atoms with Crippen molar-refractivity contribution in [2.45, 2.75) is 58.2 Å². The zero-order valence-electron chi connectivity index (χ0n) is 8.69. The molecule has 0 fully saturated rings. The predicted molar refractivity (Wildman–Crippen MR) is 53.3 cm³/mol. The largest absolute Gasteiger partial charge is 0.432 e. The predicted octanol–water partition coefficient (Wildman–Crippen LogP) is 3.15. The quantitative estimate of drug-likeness (QED) is 0.732. The van der Waals surface area contributed by atoms with Gasteiger partial charge in [0.15, 0.2) is 8.32 Å². The smallest absolute Gasteiger partial charge is 0.188 e. The van der Waals surface area contributed by atoms with Crippen LogP contribution in [0.3, 0.4) is 0 Å². The van der Waals surface area contributed by atoms with Crippen LogP contribution in [-0.4, -0.2) is 13.1 Å². The summed E-state index contributed by atoms with van der Waals surface area (Å²) >= 11 is 0. The van der Waals surface area contributed by atoms with Crippen LogP contribution in [0.4, 0.5) is 0 Å². The fourth-order valence-electron chi connectivity index (χ4n) is 1.77. The Balaban J connectivity index is 0. The maximum atomic E-state index is 10.2. The van der Waals surface area contributed by atoms with Gasteiger partial charge in [0.05, 0.1) is 0 Å². The molecule has 0 aliphatic rings. The molecule has 3 heteroatoms. The van der Waals surface area contributed by atoms with Crippen molar-refractivity contribution in [2.75, 3.05) is 0 Å². The molecular formula is C9H22OSiZr. The van der Waals surface area contributed by atoms with Crippen LogP contribution in [0.2, 0.25) is 18.1 Å². The summed E-state index contributed by atoms with van der Waals surface area (Å²) in [6, 6.07) is 3.32. The van der Waals surface area contributed by atoms with E-state index in [1.165, 1.54) is 0 Å². The van der Waals surface area contributed by atoms with Crippen LogP contribution >= 0.6 is 0 Å². The second kappa shape index (κ2) is 8.65. The summed E-state index contributed by atoms with van der Waals surface area (Å²) in [5.74, 6) is 0. The van der Waals surface area contributed by atoms with E-state index in [1.54, 1.807) is 0 Å². The summed E-state index contributed by atoms with van der Waals surface area (Å²) in [6.07, 6.45) is 3.47. The van der Waals surface area contributed by atoms with E-state index in [2.05, 4.69) is 20.8 Å². The molecule has 0 aromatic carbocycles. The summed E-state index contributed by atoms with van der Waals surface area (Å²) in [5.41, 5.74) is 0. The van der Waals surface area contributed by atoms with Crippen molar-refractivity contribution in [1.29, 1.82) is 0 Å². The fourth-order valence-corrected chi connectivity index (χ4v) is 5.31. The molecule has 1 N–H and O–H groups in total. The van der Waals surface area contributed by atoms with Crippen molar-refractivity contribution in [3.63, 3.8) is 0 Å². The van der Waals surface area contributed by atoms with Crippen LogP contribution in [0.25, 0.3) is 0 Å². The first-order valence-corrected chi connectivity index (χ1v) is 7.47. The molecule has 0 radical (unpaired) electrons. The third-order valence-electron chi connectivity index (χ3n) is 2.15. The van der Waals surface area contributed by atoms with Gasteiger partial charge in [-0.05, 0) is 18.1 Å². The molecule has 0 aliphatic heterocycles. The van der Waals surface area contributed by atoms with Gasteiger partial charge in [0, 0.05) is 26.2 Å². The van der Waals surface area contributed by atoms with Crippen LogP contribution in [0.5, 0.6) is 0 Å². The van der Waals surface area contributed by atoms with Crippen molar-refractivity contribution < 1.29 is 31.0 Å². The van der Waals surface area contributed by atoms with E-state index in [1.807, 2.05) is 0 Å². The molecule has 0 unspecified atom stereocenters. The third-order valence-corrected chi connectivity index (χ3v) is 6.44. The van der Waals surface area contributed by atoms with Crippen LogP contribution in [0.15, 0.2) is 0 Å². The molecule has 0 bridgehead atoms. The molecule has 0 heterocycles. The van der Waals surface area contributed by atoms with Gasteiger partial charge in [-0.15, -0.1) is 0 Å². The van der Waals surface area contributed by atoms with Crippen molar-refractivity contribution >= 4 is 8.32 Å². The number of rotatable bonds is 6. The molecule has 0 saturated heterocycles. The van der Waals surface area contributed by atoms with Gasteiger partial charge in [-0.2, -0.15) is 0 Å². The summed E-state index contributed by atoms with van der Waals surface area (Å²) in [7, 11) is -1.75. The molecule has 0 aromatic rings. The average molecular weight is 266 g/mol. The van der Waals surface area contributed by atoms with E-state index >= 15 is 0 Å². The molecule has 72 valence electrons. The van der Waals surface area contributed by atoms with Gasteiger partial charge in [-0.3, -0.25) is 0 Å². The van der Waals surface area contributed by atoms with Gasteiger partial charge in [0.1, 0.15) is 0 Å². The zero-order valence-corrected chi connectivity index (χ0v) is 12.1. The van der Waals surface area contributed by atoms with Crippen molar-refractivity contribution in [3.05, 3.63) is 0 Å². The van der Waals surface area contributed by atoms with Crippen LogP contribution < -0.4 is 0 Å². The Morgan fingerprint density at radius 2 is 1.08 bits per heavy atom. The van der Waals surface area contributed by atoms with Crippen LogP contribution in [-0.2, 0) is 26.2 Å². The molecule has 0 spiro atoms. The van der Waals surface area contributed by atoms with Gasteiger partial charge in [0.25, 0.3) is 0 Å². The van der Waals surface area contributed by atoms with Gasteiger partial charge in [0.2, 0.25) is 0 Å². The first kappa shape index (κ1) is 15.5. The minimum Gasteiger partial charge on any atom is -0.432 e. The third kappa shape index (κ3) is 6.56. The molecule has 0 amide bonds. The maximum absolute atomic E-state index is 10.2. The summed E-state index contributed by atoms with van der Waals surface area (Å²) in [4.78, 5) is 10.2. The fraction of sp³-hybridized carbons (Fsp3) is 1.00. The Hall–Kier alpha value is 1.06. The standard InChI is InChI=1S/C9H22OSi.Zr/c1-4-7-11(10,8-5-2)9-6-3;/h10H,4-9H2,1-3H3;. The molecule has 12 heavy (non-hydrogen) atoms. The van der Waals surface area contributed by atoms with Gasteiger partial charge < -0.3 is 4.80 Å². The van der Waals surface area contributed by atoms with Crippen molar-refractivity contribution in [2.24, 2.45) is 0 Å². The Morgan fingerprint density at radius 3 is 1.25 bits per heavy atom. The molecule has 1 nitrogen and oxygen atoms in total. The van der Waals surface area contributed by atoms with Crippen LogP contribution in [0.1, 0.15) is 40.0 Å². The minimum atomic E-state index is -1.75. The van der Waals surface area contributed by atoms with E-state index in [0.29, 0.717) is 0 Å². The molecule has 0 aromatic heterocycles. The minimum absolute atomic E-state index is 0. The zero-order chi connectivity index (χ0) is 8.74. The topological polar surface area (TPSA) is 20.2 Å². The molecule has 0 aliphatic carbocycles. The number of hydrogen-bond acceptors (Lipinski definition) is 1. The summed E-state index contributed by atoms with van der Waals surface area (Å²) in [6.45, 7) is 6.51. The SMILES string of the molecule is CCC[Si](O)(CCC)CCC.[Zr]. The van der Waals surface area contributed by atoms with E-state index in [4.69, 9.17) is 0 Å². The van der Waals surface area contributed by atoms with E-state index in [0.717, 1.165) is 37.4 Å². The average Bonchev–Trinajstić information content (AvgIpc) is 1.88. The second-order valence-corrected chi connectivity index (χ2v) is 7.42. The van der Waals surface area contributed by atoms with E-state index in [-0.39, 0.29) is 26.2 Å². The molecular weight excluding hydrogens is 243 g/mol.